The first-order chi connectivity index (χ1) is 10.9. The molecule has 1 aromatic carbocycles. The minimum absolute atomic E-state index is 0.329. The van der Waals surface area contributed by atoms with Crippen LogP contribution in [0.15, 0.2) is 30.6 Å². The fourth-order valence-electron chi connectivity index (χ4n) is 2.62. The fraction of sp³-hybridized carbons (Fsp3) is 0.133. The highest BCUT2D eigenvalue weighted by Crippen LogP contribution is 2.36. The third-order valence-corrected chi connectivity index (χ3v) is 3.65. The van der Waals surface area contributed by atoms with Gasteiger partial charge in [0.05, 0.1) is 22.8 Å². The molecule has 5 nitrogen and oxygen atoms in total. The summed E-state index contributed by atoms with van der Waals surface area (Å²) in [6.07, 6.45) is -1.41. The molecule has 0 saturated carbocycles. The van der Waals surface area contributed by atoms with Crippen LogP contribution in [0.1, 0.15) is 11.4 Å². The lowest BCUT2D eigenvalue weighted by Gasteiger charge is -2.10. The number of rotatable bonds is 1. The van der Waals surface area contributed by atoms with Crippen molar-refractivity contribution in [1.82, 2.24) is 25.1 Å². The molecule has 0 radical (unpaired) electrons. The largest absolute Gasteiger partial charge is 0.416 e. The van der Waals surface area contributed by atoms with Gasteiger partial charge in [-0.05, 0) is 30.7 Å². The van der Waals surface area contributed by atoms with Crippen molar-refractivity contribution in [2.45, 2.75) is 13.1 Å². The molecule has 0 amide bonds. The van der Waals surface area contributed by atoms with Crippen molar-refractivity contribution in [1.29, 1.82) is 0 Å². The van der Waals surface area contributed by atoms with Gasteiger partial charge in [-0.1, -0.05) is 0 Å². The summed E-state index contributed by atoms with van der Waals surface area (Å²) in [7, 11) is 0. The molecule has 8 heteroatoms. The third-order valence-electron chi connectivity index (χ3n) is 3.65. The number of aryl methyl sites for hydroxylation is 1. The van der Waals surface area contributed by atoms with Gasteiger partial charge in [0.25, 0.3) is 0 Å². The number of benzene rings is 1. The van der Waals surface area contributed by atoms with E-state index in [1.54, 1.807) is 13.0 Å². The van der Waals surface area contributed by atoms with Crippen molar-refractivity contribution in [2.75, 3.05) is 0 Å². The van der Waals surface area contributed by atoms with E-state index in [1.807, 2.05) is 0 Å². The molecule has 0 fully saturated rings. The molecule has 0 bridgehead atoms. The van der Waals surface area contributed by atoms with E-state index in [0.717, 1.165) is 12.1 Å². The maximum absolute atomic E-state index is 13.1. The van der Waals surface area contributed by atoms with Gasteiger partial charge in [-0.3, -0.25) is 5.10 Å². The van der Waals surface area contributed by atoms with Crippen molar-refractivity contribution < 1.29 is 13.2 Å². The zero-order valence-corrected chi connectivity index (χ0v) is 11.9. The number of pyridine rings is 1. The average molecular weight is 317 g/mol. The van der Waals surface area contributed by atoms with Crippen LogP contribution in [0.3, 0.4) is 0 Å². The molecule has 0 unspecified atom stereocenters. The number of hydrogen-bond acceptors (Lipinski definition) is 3. The summed E-state index contributed by atoms with van der Waals surface area (Å²) in [5.74, 6) is 0.696. The van der Waals surface area contributed by atoms with Gasteiger partial charge in [0.2, 0.25) is 0 Å². The summed E-state index contributed by atoms with van der Waals surface area (Å²) in [5.41, 5.74) is 1.79. The summed E-state index contributed by atoms with van der Waals surface area (Å²) in [5, 5.41) is 7.04. The Bertz CT molecular complexity index is 1030. The monoisotopic (exact) mass is 317 g/mol. The van der Waals surface area contributed by atoms with Crippen LogP contribution >= 0.6 is 0 Å². The van der Waals surface area contributed by atoms with E-state index < -0.39 is 11.7 Å². The quantitative estimate of drug-likeness (QED) is 0.560. The molecule has 0 aliphatic carbocycles. The summed E-state index contributed by atoms with van der Waals surface area (Å²) in [4.78, 5) is 11.4. The Morgan fingerprint density at radius 3 is 2.65 bits per heavy atom. The van der Waals surface area contributed by atoms with Crippen LogP contribution in [0, 0.1) is 6.92 Å². The smallest absolute Gasteiger partial charge is 0.341 e. The maximum atomic E-state index is 13.1. The standard InChI is InChI=1S/C15H10F3N5/c1-7-21-13-2-8(5-19-14(13)22-7)10-3-9(15(16,17)18)4-12-11(10)6-20-23-12/h2-6H,1H3,(H,20,23)(H,19,21,22). The van der Waals surface area contributed by atoms with E-state index in [4.69, 9.17) is 0 Å². The lowest BCUT2D eigenvalue weighted by atomic mass is 10.00. The lowest BCUT2D eigenvalue weighted by molar-refractivity contribution is -0.137. The molecule has 116 valence electrons. The third kappa shape index (κ3) is 2.23. The van der Waals surface area contributed by atoms with Gasteiger partial charge in [-0.2, -0.15) is 18.3 Å². The van der Waals surface area contributed by atoms with Crippen molar-refractivity contribution in [3.8, 4) is 11.1 Å². The van der Waals surface area contributed by atoms with E-state index in [9.17, 15) is 13.2 Å². The predicted octanol–water partition coefficient (Wildman–Crippen LogP) is 3.83. The molecule has 3 heterocycles. The van der Waals surface area contributed by atoms with Gasteiger partial charge in [-0.25, -0.2) is 9.97 Å². The number of halogens is 3. The molecule has 0 aliphatic rings. The molecule has 0 aliphatic heterocycles. The molecular weight excluding hydrogens is 307 g/mol. The van der Waals surface area contributed by atoms with E-state index >= 15 is 0 Å². The highest BCUT2D eigenvalue weighted by Gasteiger charge is 2.31. The Labute approximate surface area is 127 Å². The van der Waals surface area contributed by atoms with Crippen molar-refractivity contribution in [2.24, 2.45) is 0 Å². The van der Waals surface area contributed by atoms with E-state index in [2.05, 4.69) is 25.1 Å². The molecule has 4 rings (SSSR count). The van der Waals surface area contributed by atoms with E-state index in [-0.39, 0.29) is 0 Å². The number of hydrogen-bond donors (Lipinski definition) is 2. The number of nitrogens with one attached hydrogen (secondary N) is 2. The van der Waals surface area contributed by atoms with Gasteiger partial charge in [0.15, 0.2) is 5.65 Å². The number of aromatic amines is 2. The summed E-state index contributed by atoms with van der Waals surface area (Å²) < 4.78 is 39.3. The zero-order valence-electron chi connectivity index (χ0n) is 11.9. The number of H-pyrrole nitrogens is 2. The van der Waals surface area contributed by atoms with Gasteiger partial charge in [0.1, 0.15) is 5.82 Å². The fourth-order valence-corrected chi connectivity index (χ4v) is 2.62. The van der Waals surface area contributed by atoms with Crippen molar-refractivity contribution in [3.63, 3.8) is 0 Å². The van der Waals surface area contributed by atoms with Crippen LogP contribution in [0.4, 0.5) is 13.2 Å². The average Bonchev–Trinajstić information content (AvgIpc) is 3.08. The first-order valence-corrected chi connectivity index (χ1v) is 6.79. The molecule has 3 aromatic heterocycles. The first-order valence-electron chi connectivity index (χ1n) is 6.79. The number of aromatic nitrogens is 5. The molecule has 2 N–H and O–H groups in total. The predicted molar refractivity (Wildman–Crippen MR) is 78.7 cm³/mol. The minimum atomic E-state index is -4.43. The number of fused-ring (bicyclic) bond motifs is 2. The number of imidazole rings is 1. The highest BCUT2D eigenvalue weighted by molar-refractivity contribution is 5.96. The molecule has 0 saturated heterocycles. The Hall–Kier alpha value is -2.90. The number of alkyl halides is 3. The minimum Gasteiger partial charge on any atom is -0.341 e. The van der Waals surface area contributed by atoms with Crippen LogP contribution in [-0.4, -0.2) is 25.1 Å². The van der Waals surface area contributed by atoms with Gasteiger partial charge >= 0.3 is 6.18 Å². The van der Waals surface area contributed by atoms with Crippen LogP contribution in [0.25, 0.3) is 33.2 Å². The van der Waals surface area contributed by atoms with Crippen LogP contribution < -0.4 is 0 Å². The van der Waals surface area contributed by atoms with Gasteiger partial charge in [-0.15, -0.1) is 0 Å². The Morgan fingerprint density at radius 1 is 1.04 bits per heavy atom. The Balaban J connectivity index is 2.00. The van der Waals surface area contributed by atoms with Crippen LogP contribution in [0.5, 0.6) is 0 Å². The summed E-state index contributed by atoms with van der Waals surface area (Å²) in [6, 6.07) is 3.91. The second kappa shape index (κ2) is 4.55. The molecule has 23 heavy (non-hydrogen) atoms. The lowest BCUT2D eigenvalue weighted by Crippen LogP contribution is -2.05. The van der Waals surface area contributed by atoms with Crippen LogP contribution in [0.2, 0.25) is 0 Å². The Kier molecular flexibility index (Phi) is 2.72. The topological polar surface area (TPSA) is 70.2 Å². The molecule has 4 aromatic rings. The van der Waals surface area contributed by atoms with E-state index in [1.165, 1.54) is 12.4 Å². The maximum Gasteiger partial charge on any atom is 0.416 e. The van der Waals surface area contributed by atoms with Gasteiger partial charge in [0, 0.05) is 17.1 Å². The Morgan fingerprint density at radius 2 is 1.87 bits per heavy atom. The van der Waals surface area contributed by atoms with Crippen molar-refractivity contribution in [3.05, 3.63) is 42.0 Å². The molecule has 0 atom stereocenters. The van der Waals surface area contributed by atoms with Gasteiger partial charge < -0.3 is 4.98 Å². The highest BCUT2D eigenvalue weighted by atomic mass is 19.4. The second-order valence-electron chi connectivity index (χ2n) is 5.27. The van der Waals surface area contributed by atoms with E-state index in [0.29, 0.717) is 39.0 Å². The number of nitrogens with zero attached hydrogens (tertiary/aromatic N) is 3. The SMILES string of the molecule is Cc1nc2ncc(-c3cc(C(F)(F)F)cc4[nH]ncc34)cc2[nH]1. The van der Waals surface area contributed by atoms with Crippen molar-refractivity contribution >= 4 is 22.1 Å². The summed E-state index contributed by atoms with van der Waals surface area (Å²) >= 11 is 0. The molecule has 0 spiro atoms. The zero-order chi connectivity index (χ0) is 16.2. The first kappa shape index (κ1) is 13.7. The second-order valence-corrected chi connectivity index (χ2v) is 5.27. The van der Waals surface area contributed by atoms with Crippen LogP contribution in [-0.2, 0) is 6.18 Å². The molecular formula is C15H10F3N5. The normalized spacial score (nSPS) is 12.3. The summed E-state index contributed by atoms with van der Waals surface area (Å²) in [6.45, 7) is 1.79.